The summed E-state index contributed by atoms with van der Waals surface area (Å²) in [5.41, 5.74) is 5.01. The number of Topliss-reactive ketones (excluding diaryl/α,β-unsaturated/α-hetero) is 1. The van der Waals surface area contributed by atoms with Crippen LogP contribution in [0.15, 0.2) is 48.5 Å². The van der Waals surface area contributed by atoms with Crippen molar-refractivity contribution in [1.29, 1.82) is 0 Å². The number of piperidine rings is 1. The fourth-order valence-corrected chi connectivity index (χ4v) is 4.89. The van der Waals surface area contributed by atoms with E-state index in [1.54, 1.807) is 0 Å². The topological polar surface area (TPSA) is 49.9 Å². The van der Waals surface area contributed by atoms with Crippen LogP contribution in [0.5, 0.6) is 0 Å². The van der Waals surface area contributed by atoms with Gasteiger partial charge in [0.1, 0.15) is 6.61 Å². The molecule has 5 nitrogen and oxygen atoms in total. The SMILES string of the molecule is Cc1ccc(-c2ccc(C3CN(C(=O)N4CC[C@@H]5OCC(=O)C[C@@H]5C4)C3)cc2)cc1. The molecule has 3 saturated heterocycles. The summed E-state index contributed by atoms with van der Waals surface area (Å²) in [4.78, 5) is 28.4. The Kier molecular flexibility index (Phi) is 5.07. The Morgan fingerprint density at radius 1 is 0.933 bits per heavy atom. The molecule has 3 aliphatic rings. The molecule has 5 heteroatoms. The highest BCUT2D eigenvalue weighted by molar-refractivity contribution is 5.81. The Balaban J connectivity index is 1.16. The molecule has 0 N–H and O–H groups in total. The van der Waals surface area contributed by atoms with Gasteiger partial charge in [-0.1, -0.05) is 54.1 Å². The number of ether oxygens (including phenoxy) is 1. The molecule has 5 rings (SSSR count). The van der Waals surface area contributed by atoms with Gasteiger partial charge in [-0.05, 0) is 30.0 Å². The number of carbonyl (C=O) groups is 2. The van der Waals surface area contributed by atoms with Gasteiger partial charge in [-0.25, -0.2) is 4.79 Å². The maximum atomic E-state index is 12.9. The summed E-state index contributed by atoms with van der Waals surface area (Å²) in [7, 11) is 0. The van der Waals surface area contributed by atoms with Crippen molar-refractivity contribution in [2.45, 2.75) is 31.8 Å². The molecule has 3 heterocycles. The van der Waals surface area contributed by atoms with Crippen LogP contribution in [0.3, 0.4) is 0 Å². The maximum Gasteiger partial charge on any atom is 0.320 e. The van der Waals surface area contributed by atoms with Gasteiger partial charge in [0.15, 0.2) is 5.78 Å². The molecule has 30 heavy (non-hydrogen) atoms. The Bertz CT molecular complexity index is 932. The van der Waals surface area contributed by atoms with Gasteiger partial charge in [-0.3, -0.25) is 4.79 Å². The predicted octanol–water partition coefficient (Wildman–Crippen LogP) is 3.86. The van der Waals surface area contributed by atoms with Crippen LogP contribution in [0, 0.1) is 12.8 Å². The Hall–Kier alpha value is -2.66. The van der Waals surface area contributed by atoms with Crippen molar-refractivity contribution >= 4 is 11.8 Å². The zero-order valence-corrected chi connectivity index (χ0v) is 17.4. The Morgan fingerprint density at radius 3 is 2.30 bits per heavy atom. The Morgan fingerprint density at radius 2 is 1.60 bits per heavy atom. The van der Waals surface area contributed by atoms with Gasteiger partial charge in [0.2, 0.25) is 0 Å². The number of nitrogens with zero attached hydrogens (tertiary/aromatic N) is 2. The van der Waals surface area contributed by atoms with Gasteiger partial charge in [0.05, 0.1) is 6.10 Å². The first-order valence-corrected chi connectivity index (χ1v) is 10.9. The second-order valence-corrected chi connectivity index (χ2v) is 8.96. The van der Waals surface area contributed by atoms with Crippen LogP contribution in [0.25, 0.3) is 11.1 Å². The quantitative estimate of drug-likeness (QED) is 0.764. The molecule has 0 bridgehead atoms. The molecule has 3 fully saturated rings. The van der Waals surface area contributed by atoms with E-state index in [9.17, 15) is 9.59 Å². The number of hydrogen-bond donors (Lipinski definition) is 0. The minimum absolute atomic E-state index is 0.110. The van der Waals surface area contributed by atoms with Crippen molar-refractivity contribution in [3.8, 4) is 11.1 Å². The van der Waals surface area contributed by atoms with E-state index in [4.69, 9.17) is 4.74 Å². The summed E-state index contributed by atoms with van der Waals surface area (Å²) < 4.78 is 5.64. The van der Waals surface area contributed by atoms with Gasteiger partial charge >= 0.3 is 6.03 Å². The number of likely N-dealkylation sites (tertiary alicyclic amines) is 2. The van der Waals surface area contributed by atoms with Crippen molar-refractivity contribution in [1.82, 2.24) is 9.80 Å². The molecule has 2 aromatic rings. The fourth-order valence-electron chi connectivity index (χ4n) is 4.89. The average Bonchev–Trinajstić information content (AvgIpc) is 2.73. The summed E-state index contributed by atoms with van der Waals surface area (Å²) >= 11 is 0. The van der Waals surface area contributed by atoms with Gasteiger partial charge in [0, 0.05) is 44.4 Å². The number of amides is 2. The van der Waals surface area contributed by atoms with Crippen LogP contribution in [0.1, 0.15) is 29.9 Å². The lowest BCUT2D eigenvalue weighted by molar-refractivity contribution is -0.140. The minimum atomic E-state index is 0.110. The van der Waals surface area contributed by atoms with E-state index in [0.29, 0.717) is 18.9 Å². The molecule has 3 aliphatic heterocycles. The second-order valence-electron chi connectivity index (χ2n) is 8.96. The molecule has 156 valence electrons. The monoisotopic (exact) mass is 404 g/mol. The number of aryl methyl sites for hydroxylation is 1. The molecule has 0 unspecified atom stereocenters. The van der Waals surface area contributed by atoms with Crippen molar-refractivity contribution < 1.29 is 14.3 Å². The van der Waals surface area contributed by atoms with E-state index in [-0.39, 0.29) is 30.4 Å². The summed E-state index contributed by atoms with van der Waals surface area (Å²) in [5, 5.41) is 0. The summed E-state index contributed by atoms with van der Waals surface area (Å²) in [5.74, 6) is 0.720. The summed E-state index contributed by atoms with van der Waals surface area (Å²) in [6, 6.07) is 17.4. The van der Waals surface area contributed by atoms with Crippen molar-refractivity contribution in [2.24, 2.45) is 5.92 Å². The average molecular weight is 405 g/mol. The number of fused-ring (bicyclic) bond motifs is 1. The molecule has 0 saturated carbocycles. The van der Waals surface area contributed by atoms with E-state index in [0.717, 1.165) is 26.1 Å². The van der Waals surface area contributed by atoms with Gasteiger partial charge in [-0.2, -0.15) is 0 Å². The fraction of sp³-hybridized carbons (Fsp3) is 0.440. The highest BCUT2D eigenvalue weighted by Crippen LogP contribution is 2.32. The summed E-state index contributed by atoms with van der Waals surface area (Å²) in [6.07, 6.45) is 1.52. The number of urea groups is 1. The molecule has 2 amide bonds. The van der Waals surface area contributed by atoms with Crippen LogP contribution >= 0.6 is 0 Å². The number of carbonyl (C=O) groups excluding carboxylic acids is 2. The molecular formula is C25H28N2O3. The van der Waals surface area contributed by atoms with Crippen LogP contribution < -0.4 is 0 Å². The highest BCUT2D eigenvalue weighted by atomic mass is 16.5. The first-order chi connectivity index (χ1) is 14.6. The lowest BCUT2D eigenvalue weighted by atomic mass is 9.87. The van der Waals surface area contributed by atoms with Crippen molar-refractivity contribution in [3.63, 3.8) is 0 Å². The molecule has 0 aromatic heterocycles. The lowest BCUT2D eigenvalue weighted by Gasteiger charge is -2.46. The third-order valence-corrected chi connectivity index (χ3v) is 6.80. The molecule has 2 atom stereocenters. The smallest absolute Gasteiger partial charge is 0.320 e. The van der Waals surface area contributed by atoms with Crippen molar-refractivity contribution in [3.05, 3.63) is 59.7 Å². The van der Waals surface area contributed by atoms with Crippen molar-refractivity contribution in [2.75, 3.05) is 32.8 Å². The van der Waals surface area contributed by atoms with Crippen LogP contribution in [0.2, 0.25) is 0 Å². The zero-order chi connectivity index (χ0) is 20.7. The second kappa shape index (κ2) is 7.88. The number of rotatable bonds is 2. The predicted molar refractivity (Wildman–Crippen MR) is 115 cm³/mol. The van der Waals surface area contributed by atoms with E-state index in [1.807, 2.05) is 9.80 Å². The number of benzene rings is 2. The molecule has 0 aliphatic carbocycles. The summed E-state index contributed by atoms with van der Waals surface area (Å²) in [6.45, 7) is 5.24. The number of ketones is 1. The first-order valence-electron chi connectivity index (χ1n) is 10.9. The van der Waals surface area contributed by atoms with Crippen LogP contribution in [-0.2, 0) is 9.53 Å². The highest BCUT2D eigenvalue weighted by Gasteiger charge is 2.40. The van der Waals surface area contributed by atoms with Gasteiger partial charge in [-0.15, -0.1) is 0 Å². The largest absolute Gasteiger partial charge is 0.370 e. The zero-order valence-electron chi connectivity index (χ0n) is 17.4. The van der Waals surface area contributed by atoms with Crippen LogP contribution in [-0.4, -0.2) is 60.5 Å². The maximum absolute atomic E-state index is 12.9. The molecule has 0 spiro atoms. The number of hydrogen-bond acceptors (Lipinski definition) is 3. The lowest BCUT2D eigenvalue weighted by Crippen LogP contribution is -2.58. The third kappa shape index (κ3) is 3.74. The van der Waals surface area contributed by atoms with Gasteiger partial charge in [0.25, 0.3) is 0 Å². The van der Waals surface area contributed by atoms with E-state index in [1.165, 1.54) is 22.3 Å². The van der Waals surface area contributed by atoms with Gasteiger partial charge < -0.3 is 14.5 Å². The van der Waals surface area contributed by atoms with Crippen LogP contribution in [0.4, 0.5) is 4.79 Å². The van der Waals surface area contributed by atoms with E-state index in [2.05, 4.69) is 55.5 Å². The standard InChI is InChI=1S/C25H28N2O3/c1-17-2-4-18(5-3-17)19-6-8-20(9-7-19)22-14-27(15-22)25(29)26-11-10-24-21(13-26)12-23(28)16-30-24/h2-9,21-22,24H,10-16H2,1H3/t21-,24+/m1/s1. The third-order valence-electron chi connectivity index (χ3n) is 6.80. The van der Waals surface area contributed by atoms with E-state index < -0.39 is 0 Å². The van der Waals surface area contributed by atoms with E-state index >= 15 is 0 Å². The normalized spacial score (nSPS) is 24.4. The molecule has 0 radical (unpaired) electrons. The molecular weight excluding hydrogens is 376 g/mol. The minimum Gasteiger partial charge on any atom is -0.370 e. The Labute approximate surface area is 177 Å². The molecule has 2 aromatic carbocycles. The first kappa shape index (κ1) is 19.3.